The Balaban J connectivity index is 1.23. The molecule has 188 valence electrons. The highest BCUT2D eigenvalue weighted by molar-refractivity contribution is 5.86. The van der Waals surface area contributed by atoms with E-state index in [2.05, 4.69) is 55.7 Å². The number of aromatic nitrogens is 2. The molecule has 0 aliphatic carbocycles. The van der Waals surface area contributed by atoms with E-state index in [4.69, 9.17) is 11.5 Å². The number of carbonyl (C=O) groups is 1. The van der Waals surface area contributed by atoms with Gasteiger partial charge in [-0.1, -0.05) is 24.3 Å². The van der Waals surface area contributed by atoms with Crippen LogP contribution in [0.3, 0.4) is 0 Å². The van der Waals surface area contributed by atoms with Gasteiger partial charge in [-0.05, 0) is 87.1 Å². The van der Waals surface area contributed by atoms with Crippen molar-refractivity contribution in [1.29, 1.82) is 0 Å². The molecule has 5 rings (SSSR count). The zero-order valence-corrected chi connectivity index (χ0v) is 20.8. The number of para-hydroxylation sites is 1. The molecule has 3 aromatic rings. The van der Waals surface area contributed by atoms with E-state index in [0.29, 0.717) is 11.9 Å². The lowest BCUT2D eigenvalue weighted by molar-refractivity contribution is -0.138. The molecule has 2 saturated heterocycles. The fourth-order valence-electron chi connectivity index (χ4n) is 5.76. The maximum Gasteiger partial charge on any atom is 0.225 e. The van der Waals surface area contributed by atoms with E-state index in [0.717, 1.165) is 75.4 Å². The molecule has 4 N–H and O–H groups in total. The number of hydrogen-bond donors (Lipinski definition) is 2. The van der Waals surface area contributed by atoms with Crippen molar-refractivity contribution in [1.82, 2.24) is 19.4 Å². The van der Waals surface area contributed by atoms with Gasteiger partial charge in [-0.15, -0.1) is 0 Å². The van der Waals surface area contributed by atoms with Crippen LogP contribution in [0, 0.1) is 5.92 Å². The lowest BCUT2D eigenvalue weighted by atomic mass is 9.93. The largest absolute Gasteiger partial charge is 0.405 e. The summed E-state index contributed by atoms with van der Waals surface area (Å²) >= 11 is 0. The molecule has 0 saturated carbocycles. The lowest BCUT2D eigenvalue weighted by Gasteiger charge is -2.38. The molecule has 1 amide bonds. The highest BCUT2D eigenvalue weighted by atomic mass is 16.2. The number of amides is 1. The van der Waals surface area contributed by atoms with Gasteiger partial charge < -0.3 is 20.9 Å². The maximum atomic E-state index is 13.4. The third kappa shape index (κ3) is 5.02. The average Bonchev–Trinajstić information content (AvgIpc) is 3.33. The molecule has 0 bridgehead atoms. The van der Waals surface area contributed by atoms with Crippen LogP contribution in [0.4, 0.5) is 0 Å². The number of piperidine rings is 2. The number of fused-ring (bicyclic) bond motifs is 1. The summed E-state index contributed by atoms with van der Waals surface area (Å²) in [4.78, 5) is 22.5. The molecule has 7 heteroatoms. The minimum atomic E-state index is 0.115. The normalized spacial score (nSPS) is 18.9. The second kappa shape index (κ2) is 11.0. The summed E-state index contributed by atoms with van der Waals surface area (Å²) in [5, 5.41) is 1.23. The second-order valence-corrected chi connectivity index (χ2v) is 9.88. The summed E-state index contributed by atoms with van der Waals surface area (Å²) in [6.45, 7) is 4.20. The van der Waals surface area contributed by atoms with Gasteiger partial charge in [0, 0.05) is 48.7 Å². The highest BCUT2D eigenvalue weighted by Crippen LogP contribution is 2.35. The predicted octanol–water partition coefficient (Wildman–Crippen LogP) is 3.89. The molecule has 36 heavy (non-hydrogen) atoms. The number of hydrogen-bond acceptors (Lipinski definition) is 5. The zero-order valence-electron chi connectivity index (χ0n) is 20.8. The summed E-state index contributed by atoms with van der Waals surface area (Å²) in [6, 6.07) is 17.2. The van der Waals surface area contributed by atoms with E-state index in [1.54, 1.807) is 6.20 Å². The monoisotopic (exact) mass is 484 g/mol. The number of likely N-dealkylation sites (tertiary alicyclic amines) is 2. The van der Waals surface area contributed by atoms with Gasteiger partial charge in [0.15, 0.2) is 0 Å². The molecule has 2 aliphatic heterocycles. The van der Waals surface area contributed by atoms with Crippen molar-refractivity contribution in [2.24, 2.45) is 17.4 Å². The fraction of sp³-hybridized carbons (Fsp3) is 0.379. The molecule has 1 aromatic carbocycles. The van der Waals surface area contributed by atoms with Gasteiger partial charge in [-0.25, -0.2) is 0 Å². The van der Waals surface area contributed by atoms with E-state index >= 15 is 0 Å². The smallest absolute Gasteiger partial charge is 0.225 e. The van der Waals surface area contributed by atoms with Gasteiger partial charge >= 0.3 is 0 Å². The standard InChI is InChI=1S/C29H36N6O/c30-13-8-22(20-31)21-33-15-9-23(10-16-33)29(36)34-17-11-25(12-18-34)35-27-7-2-1-5-24(27)19-28(35)26-6-3-4-14-32-26/h1-8,13-14,19-20,23,25H,9-12,15-18,21,30-31H2/b13-8-,22-20+. The molecule has 0 unspecified atom stereocenters. The molecule has 2 aromatic heterocycles. The molecular weight excluding hydrogens is 448 g/mol. The summed E-state index contributed by atoms with van der Waals surface area (Å²) in [5.74, 6) is 0.441. The first-order chi connectivity index (χ1) is 17.7. The molecule has 4 heterocycles. The molecular formula is C29H36N6O. The number of nitrogens with two attached hydrogens (primary N) is 2. The van der Waals surface area contributed by atoms with Crippen LogP contribution in [0.25, 0.3) is 22.3 Å². The molecule has 0 radical (unpaired) electrons. The van der Waals surface area contributed by atoms with Crippen LogP contribution >= 0.6 is 0 Å². The minimum absolute atomic E-state index is 0.115. The summed E-state index contributed by atoms with van der Waals surface area (Å²) in [7, 11) is 0. The summed E-state index contributed by atoms with van der Waals surface area (Å²) < 4.78 is 2.45. The van der Waals surface area contributed by atoms with E-state index in [9.17, 15) is 4.79 Å². The number of carbonyl (C=O) groups excluding carboxylic acids is 1. The maximum absolute atomic E-state index is 13.4. The molecule has 2 fully saturated rings. The van der Waals surface area contributed by atoms with Crippen LogP contribution in [0.15, 0.2) is 78.8 Å². The average molecular weight is 485 g/mol. The first-order valence-corrected chi connectivity index (χ1v) is 13.0. The first-order valence-electron chi connectivity index (χ1n) is 13.0. The van der Waals surface area contributed by atoms with Crippen LogP contribution in [-0.2, 0) is 4.79 Å². The first kappa shape index (κ1) is 24.1. The van der Waals surface area contributed by atoms with Crippen molar-refractivity contribution in [3.63, 3.8) is 0 Å². The Kier molecular flexibility index (Phi) is 7.37. The van der Waals surface area contributed by atoms with Crippen molar-refractivity contribution in [3.05, 3.63) is 78.8 Å². The Morgan fingerprint density at radius 1 is 0.972 bits per heavy atom. The Morgan fingerprint density at radius 3 is 2.42 bits per heavy atom. The van der Waals surface area contributed by atoms with Crippen LogP contribution in [-0.4, -0.2) is 58.0 Å². The number of pyridine rings is 1. The summed E-state index contributed by atoms with van der Waals surface area (Å²) in [5.41, 5.74) is 15.6. The van der Waals surface area contributed by atoms with Gasteiger partial charge in [0.1, 0.15) is 0 Å². The topological polar surface area (TPSA) is 93.4 Å². The Labute approximate surface area is 213 Å². The van der Waals surface area contributed by atoms with Gasteiger partial charge in [-0.2, -0.15) is 0 Å². The van der Waals surface area contributed by atoms with E-state index in [1.807, 2.05) is 24.4 Å². The Hall–Kier alpha value is -3.58. The lowest BCUT2D eigenvalue weighted by Crippen LogP contribution is -2.46. The van der Waals surface area contributed by atoms with E-state index in [1.165, 1.54) is 17.1 Å². The molecule has 0 spiro atoms. The summed E-state index contributed by atoms with van der Waals surface area (Å²) in [6.07, 6.45) is 10.5. The molecule has 2 aliphatic rings. The van der Waals surface area contributed by atoms with Crippen LogP contribution in [0.2, 0.25) is 0 Å². The van der Waals surface area contributed by atoms with Crippen molar-refractivity contribution < 1.29 is 4.79 Å². The third-order valence-electron chi connectivity index (χ3n) is 7.68. The third-order valence-corrected chi connectivity index (χ3v) is 7.68. The van der Waals surface area contributed by atoms with Gasteiger partial charge in [0.05, 0.1) is 11.4 Å². The van der Waals surface area contributed by atoms with Crippen molar-refractivity contribution in [2.75, 3.05) is 32.7 Å². The number of rotatable bonds is 6. The Morgan fingerprint density at radius 2 is 1.72 bits per heavy atom. The van der Waals surface area contributed by atoms with Gasteiger partial charge in [-0.3, -0.25) is 14.7 Å². The van der Waals surface area contributed by atoms with Crippen molar-refractivity contribution in [2.45, 2.75) is 31.7 Å². The van der Waals surface area contributed by atoms with Crippen molar-refractivity contribution in [3.8, 4) is 11.4 Å². The molecule has 7 nitrogen and oxygen atoms in total. The van der Waals surface area contributed by atoms with E-state index in [-0.39, 0.29) is 5.92 Å². The number of nitrogens with zero attached hydrogens (tertiary/aromatic N) is 4. The quantitative estimate of drug-likeness (QED) is 0.518. The SMILES string of the molecule is N/C=C\C(=C/N)CN1CCC(C(=O)N2CCC(n3c(-c4ccccn4)cc4ccccc43)CC2)CC1. The fourth-order valence-corrected chi connectivity index (χ4v) is 5.76. The number of benzene rings is 1. The second-order valence-electron chi connectivity index (χ2n) is 9.88. The van der Waals surface area contributed by atoms with Gasteiger partial charge in [0.25, 0.3) is 0 Å². The molecule has 0 atom stereocenters. The predicted molar refractivity (Wildman–Crippen MR) is 145 cm³/mol. The van der Waals surface area contributed by atoms with Gasteiger partial charge in [0.2, 0.25) is 5.91 Å². The van der Waals surface area contributed by atoms with Crippen LogP contribution in [0.5, 0.6) is 0 Å². The minimum Gasteiger partial charge on any atom is -0.405 e. The van der Waals surface area contributed by atoms with Crippen LogP contribution in [0.1, 0.15) is 31.7 Å². The zero-order chi connectivity index (χ0) is 24.9. The van der Waals surface area contributed by atoms with Crippen LogP contribution < -0.4 is 11.5 Å². The Bertz CT molecular complexity index is 1230. The highest BCUT2D eigenvalue weighted by Gasteiger charge is 2.32. The van der Waals surface area contributed by atoms with E-state index < -0.39 is 0 Å². The van der Waals surface area contributed by atoms with Crippen molar-refractivity contribution >= 4 is 16.8 Å².